The lowest BCUT2D eigenvalue weighted by molar-refractivity contribution is -0.128. The summed E-state index contributed by atoms with van der Waals surface area (Å²) in [5, 5.41) is 3.29. The zero-order valence-corrected chi connectivity index (χ0v) is 13.8. The van der Waals surface area contributed by atoms with Gasteiger partial charge in [0.25, 0.3) is 0 Å². The smallest absolute Gasteiger partial charge is 0.223 e. The number of imidazole rings is 1. The van der Waals surface area contributed by atoms with Crippen LogP contribution in [0.15, 0.2) is 36.7 Å². The van der Waals surface area contributed by atoms with E-state index in [9.17, 15) is 4.79 Å². The molecule has 1 aromatic carbocycles. The van der Waals surface area contributed by atoms with Crippen molar-refractivity contribution in [3.63, 3.8) is 0 Å². The fourth-order valence-corrected chi connectivity index (χ4v) is 3.75. The van der Waals surface area contributed by atoms with Crippen molar-refractivity contribution in [2.45, 2.75) is 38.3 Å². The Hall–Kier alpha value is -2.14. The third-order valence-corrected chi connectivity index (χ3v) is 5.06. The number of benzene rings is 1. The van der Waals surface area contributed by atoms with Crippen LogP contribution in [-0.2, 0) is 16.1 Å². The Bertz CT molecular complexity index is 705. The van der Waals surface area contributed by atoms with Crippen LogP contribution < -0.4 is 5.32 Å². The highest BCUT2D eigenvalue weighted by atomic mass is 16.5. The number of nitrogens with zero attached hydrogens (tertiary/aromatic N) is 2. The minimum Gasteiger partial charge on any atom is -0.381 e. The van der Waals surface area contributed by atoms with Gasteiger partial charge in [-0.15, -0.1) is 0 Å². The van der Waals surface area contributed by atoms with Gasteiger partial charge in [0.2, 0.25) is 5.91 Å². The molecule has 1 atom stereocenters. The van der Waals surface area contributed by atoms with Crippen molar-refractivity contribution in [1.29, 1.82) is 0 Å². The van der Waals surface area contributed by atoms with Crippen LogP contribution in [-0.4, -0.2) is 28.7 Å². The van der Waals surface area contributed by atoms with E-state index >= 15 is 0 Å². The average Bonchev–Trinajstić information content (AvgIpc) is 3.08. The molecule has 2 aliphatic rings. The van der Waals surface area contributed by atoms with Crippen molar-refractivity contribution in [2.24, 2.45) is 5.92 Å². The summed E-state index contributed by atoms with van der Waals surface area (Å²) in [5.74, 6) is 0.245. The topological polar surface area (TPSA) is 56.2 Å². The van der Waals surface area contributed by atoms with Gasteiger partial charge in [-0.25, -0.2) is 4.98 Å². The maximum absolute atomic E-state index is 12.6. The summed E-state index contributed by atoms with van der Waals surface area (Å²) in [6.45, 7) is 2.35. The molecule has 0 saturated carbocycles. The van der Waals surface area contributed by atoms with Crippen LogP contribution in [0.25, 0.3) is 11.3 Å². The third-order valence-electron chi connectivity index (χ3n) is 5.06. The van der Waals surface area contributed by atoms with E-state index in [0.29, 0.717) is 13.2 Å². The number of amides is 1. The summed E-state index contributed by atoms with van der Waals surface area (Å²) in [6, 6.07) is 10.3. The molecular weight excluding hydrogens is 302 g/mol. The van der Waals surface area contributed by atoms with E-state index in [-0.39, 0.29) is 17.9 Å². The van der Waals surface area contributed by atoms with E-state index in [1.54, 1.807) is 0 Å². The minimum atomic E-state index is 0.0480. The molecule has 1 fully saturated rings. The molecule has 5 heteroatoms. The molecule has 0 radical (unpaired) electrons. The van der Waals surface area contributed by atoms with Crippen molar-refractivity contribution in [3.8, 4) is 11.3 Å². The SMILES string of the molecule is O=C(N[C@H]1CCCn2cnc(-c3ccccc3)c21)C1CCOCC1. The molecule has 0 aliphatic carbocycles. The molecule has 2 aromatic rings. The average molecular weight is 325 g/mol. The standard InChI is InChI=1S/C19H23N3O2/c23-19(15-8-11-24-12-9-15)21-16-7-4-10-22-13-20-17(18(16)22)14-5-2-1-3-6-14/h1-3,5-6,13,15-16H,4,7-12H2,(H,21,23)/t16-/m0/s1. The molecule has 0 unspecified atom stereocenters. The second kappa shape index (κ2) is 6.77. The summed E-state index contributed by atoms with van der Waals surface area (Å²) in [7, 11) is 0. The van der Waals surface area contributed by atoms with E-state index in [1.165, 1.54) is 0 Å². The van der Waals surface area contributed by atoms with Crippen LogP contribution >= 0.6 is 0 Å². The first-order valence-corrected chi connectivity index (χ1v) is 8.81. The van der Waals surface area contributed by atoms with E-state index in [0.717, 1.165) is 49.2 Å². The zero-order valence-electron chi connectivity index (χ0n) is 13.8. The number of ether oxygens (including phenoxy) is 1. The first-order chi connectivity index (χ1) is 11.8. The molecule has 5 nitrogen and oxygen atoms in total. The lowest BCUT2D eigenvalue weighted by Gasteiger charge is -2.29. The molecular formula is C19H23N3O2. The van der Waals surface area contributed by atoms with Crippen LogP contribution in [0.1, 0.15) is 37.4 Å². The number of aromatic nitrogens is 2. The van der Waals surface area contributed by atoms with Gasteiger partial charge >= 0.3 is 0 Å². The Kier molecular flexibility index (Phi) is 4.34. The van der Waals surface area contributed by atoms with Crippen molar-refractivity contribution in [2.75, 3.05) is 13.2 Å². The number of aryl methyl sites for hydroxylation is 1. The van der Waals surface area contributed by atoms with E-state index in [4.69, 9.17) is 4.74 Å². The van der Waals surface area contributed by atoms with Crippen molar-refractivity contribution in [3.05, 3.63) is 42.4 Å². The van der Waals surface area contributed by atoms with Gasteiger partial charge in [-0.05, 0) is 25.7 Å². The van der Waals surface area contributed by atoms with Crippen LogP contribution in [0.5, 0.6) is 0 Å². The van der Waals surface area contributed by atoms with Crippen LogP contribution in [0.2, 0.25) is 0 Å². The van der Waals surface area contributed by atoms with Crippen molar-refractivity contribution in [1.82, 2.24) is 14.9 Å². The Balaban J connectivity index is 1.59. The molecule has 3 heterocycles. The Labute approximate surface area is 142 Å². The number of rotatable bonds is 3. The lowest BCUT2D eigenvalue weighted by atomic mass is 9.95. The molecule has 0 spiro atoms. The van der Waals surface area contributed by atoms with Gasteiger partial charge in [0.05, 0.1) is 23.8 Å². The molecule has 1 aromatic heterocycles. The highest BCUT2D eigenvalue weighted by Crippen LogP contribution is 2.33. The fraction of sp³-hybridized carbons (Fsp3) is 0.474. The van der Waals surface area contributed by atoms with Gasteiger partial charge in [-0.2, -0.15) is 0 Å². The van der Waals surface area contributed by atoms with Gasteiger partial charge in [0, 0.05) is 31.2 Å². The summed E-state index contributed by atoms with van der Waals surface area (Å²) in [5.41, 5.74) is 3.25. The highest BCUT2D eigenvalue weighted by Gasteiger charge is 2.29. The Morgan fingerprint density at radius 1 is 1.17 bits per heavy atom. The fourth-order valence-electron chi connectivity index (χ4n) is 3.75. The quantitative estimate of drug-likeness (QED) is 0.944. The number of hydrogen-bond acceptors (Lipinski definition) is 3. The van der Waals surface area contributed by atoms with Crippen molar-refractivity contribution < 1.29 is 9.53 Å². The zero-order chi connectivity index (χ0) is 16.4. The Morgan fingerprint density at radius 2 is 1.96 bits per heavy atom. The predicted octanol–water partition coefficient (Wildman–Crippen LogP) is 2.93. The van der Waals surface area contributed by atoms with Crippen LogP contribution in [0, 0.1) is 5.92 Å². The Morgan fingerprint density at radius 3 is 2.75 bits per heavy atom. The summed E-state index contributed by atoms with van der Waals surface area (Å²) >= 11 is 0. The molecule has 1 saturated heterocycles. The summed E-state index contributed by atoms with van der Waals surface area (Å²) in [6.07, 6.45) is 5.59. The van der Waals surface area contributed by atoms with Gasteiger partial charge in [-0.3, -0.25) is 4.79 Å². The molecule has 1 amide bonds. The van der Waals surface area contributed by atoms with Gasteiger partial charge in [0.1, 0.15) is 0 Å². The van der Waals surface area contributed by atoms with E-state index in [2.05, 4.69) is 27.0 Å². The first kappa shape index (κ1) is 15.4. The number of fused-ring (bicyclic) bond motifs is 1. The molecule has 4 rings (SSSR count). The normalized spacial score (nSPS) is 21.2. The predicted molar refractivity (Wildman–Crippen MR) is 91.3 cm³/mol. The third kappa shape index (κ3) is 2.96. The van der Waals surface area contributed by atoms with Gasteiger partial charge < -0.3 is 14.6 Å². The molecule has 24 heavy (non-hydrogen) atoms. The molecule has 126 valence electrons. The minimum absolute atomic E-state index is 0.0480. The second-order valence-electron chi connectivity index (χ2n) is 6.63. The number of carbonyl (C=O) groups is 1. The largest absolute Gasteiger partial charge is 0.381 e. The lowest BCUT2D eigenvalue weighted by Crippen LogP contribution is -2.38. The van der Waals surface area contributed by atoms with Crippen LogP contribution in [0.4, 0.5) is 0 Å². The summed E-state index contributed by atoms with van der Waals surface area (Å²) in [4.78, 5) is 17.3. The molecule has 0 bridgehead atoms. The maximum Gasteiger partial charge on any atom is 0.223 e. The monoisotopic (exact) mass is 325 g/mol. The van der Waals surface area contributed by atoms with E-state index in [1.807, 2.05) is 24.5 Å². The highest BCUT2D eigenvalue weighted by molar-refractivity contribution is 5.79. The maximum atomic E-state index is 12.6. The number of hydrogen-bond donors (Lipinski definition) is 1. The molecule has 1 N–H and O–H groups in total. The number of carbonyl (C=O) groups excluding carboxylic acids is 1. The van der Waals surface area contributed by atoms with E-state index < -0.39 is 0 Å². The van der Waals surface area contributed by atoms with Crippen molar-refractivity contribution >= 4 is 5.91 Å². The summed E-state index contributed by atoms with van der Waals surface area (Å²) < 4.78 is 7.56. The number of nitrogens with one attached hydrogen (secondary N) is 1. The van der Waals surface area contributed by atoms with Gasteiger partial charge in [-0.1, -0.05) is 30.3 Å². The first-order valence-electron chi connectivity index (χ1n) is 8.81. The molecule has 2 aliphatic heterocycles. The second-order valence-corrected chi connectivity index (χ2v) is 6.63. The van der Waals surface area contributed by atoms with Crippen LogP contribution in [0.3, 0.4) is 0 Å². The van der Waals surface area contributed by atoms with Gasteiger partial charge in [0.15, 0.2) is 0 Å².